The molecule has 1 aliphatic heterocycles. The first-order chi connectivity index (χ1) is 8.53. The minimum Gasteiger partial charge on any atom is -0.311 e. The molecular formula is C15H26N2S. The molecule has 18 heavy (non-hydrogen) atoms. The smallest absolute Gasteiger partial charge is 0.0193 e. The molecule has 1 aromatic heterocycles. The predicted octanol–water partition coefficient (Wildman–Crippen LogP) is 3.10. The molecule has 1 saturated heterocycles. The van der Waals surface area contributed by atoms with Gasteiger partial charge in [-0.2, -0.15) is 0 Å². The van der Waals surface area contributed by atoms with Gasteiger partial charge in [0.2, 0.25) is 0 Å². The van der Waals surface area contributed by atoms with E-state index in [9.17, 15) is 0 Å². The number of nitrogens with zero attached hydrogens (tertiary/aromatic N) is 1. The normalized spacial score (nSPS) is 26.4. The van der Waals surface area contributed by atoms with Crippen LogP contribution in [0.2, 0.25) is 0 Å². The number of hydrogen-bond donors (Lipinski definition) is 1. The molecule has 1 N–H and O–H groups in total. The molecule has 0 amide bonds. The Kier molecular flexibility index (Phi) is 4.46. The van der Waals surface area contributed by atoms with Gasteiger partial charge in [-0.1, -0.05) is 26.8 Å². The lowest BCUT2D eigenvalue weighted by Crippen LogP contribution is -2.57. The van der Waals surface area contributed by atoms with Crippen molar-refractivity contribution in [2.75, 3.05) is 19.6 Å². The molecule has 1 aromatic rings. The van der Waals surface area contributed by atoms with Gasteiger partial charge in [0, 0.05) is 42.0 Å². The van der Waals surface area contributed by atoms with Crippen LogP contribution in [-0.4, -0.2) is 36.6 Å². The van der Waals surface area contributed by atoms with Crippen LogP contribution in [0.15, 0.2) is 17.5 Å². The number of nitrogens with one attached hydrogen (secondary N) is 1. The average Bonchev–Trinajstić information content (AvgIpc) is 2.86. The van der Waals surface area contributed by atoms with Crippen molar-refractivity contribution < 1.29 is 0 Å². The molecule has 1 fully saturated rings. The minimum absolute atomic E-state index is 0.262. The Hall–Kier alpha value is -0.380. The van der Waals surface area contributed by atoms with Crippen molar-refractivity contribution in [2.45, 2.75) is 51.6 Å². The van der Waals surface area contributed by atoms with Gasteiger partial charge in [0.05, 0.1) is 0 Å². The van der Waals surface area contributed by atoms with Gasteiger partial charge in [-0.25, -0.2) is 0 Å². The highest BCUT2D eigenvalue weighted by Gasteiger charge is 2.30. The van der Waals surface area contributed by atoms with Crippen LogP contribution in [0, 0.1) is 0 Å². The lowest BCUT2D eigenvalue weighted by Gasteiger charge is -2.42. The fourth-order valence-corrected chi connectivity index (χ4v) is 3.58. The first-order valence-corrected chi connectivity index (χ1v) is 7.92. The maximum Gasteiger partial charge on any atom is 0.0193 e. The Morgan fingerprint density at radius 1 is 1.50 bits per heavy atom. The highest BCUT2D eigenvalue weighted by molar-refractivity contribution is 7.10. The van der Waals surface area contributed by atoms with E-state index in [4.69, 9.17) is 0 Å². The molecule has 2 nitrogen and oxygen atoms in total. The second kappa shape index (κ2) is 5.72. The number of hydrogen-bond acceptors (Lipinski definition) is 3. The van der Waals surface area contributed by atoms with Crippen molar-refractivity contribution >= 4 is 11.3 Å². The molecule has 102 valence electrons. The Labute approximate surface area is 115 Å². The molecule has 2 heterocycles. The van der Waals surface area contributed by atoms with Crippen molar-refractivity contribution in [2.24, 2.45) is 0 Å². The second-order valence-corrected chi connectivity index (χ2v) is 7.10. The van der Waals surface area contributed by atoms with Crippen molar-refractivity contribution in [1.29, 1.82) is 0 Å². The molecule has 0 aromatic carbocycles. The van der Waals surface area contributed by atoms with Gasteiger partial charge in [0.15, 0.2) is 0 Å². The summed E-state index contributed by atoms with van der Waals surface area (Å²) < 4.78 is 0. The van der Waals surface area contributed by atoms with Crippen molar-refractivity contribution in [3.8, 4) is 0 Å². The summed E-state index contributed by atoms with van der Waals surface area (Å²) in [5, 5.41) is 5.82. The zero-order valence-electron chi connectivity index (χ0n) is 12.1. The monoisotopic (exact) mass is 266 g/mol. The molecule has 1 aliphatic rings. The lowest BCUT2D eigenvalue weighted by atomic mass is 9.89. The average molecular weight is 266 g/mol. The van der Waals surface area contributed by atoms with Crippen molar-refractivity contribution in [1.82, 2.24) is 10.2 Å². The minimum atomic E-state index is 0.262. The van der Waals surface area contributed by atoms with Gasteiger partial charge in [-0.15, -0.1) is 11.3 Å². The zero-order chi connectivity index (χ0) is 13.2. The van der Waals surface area contributed by atoms with E-state index < -0.39 is 0 Å². The maximum absolute atomic E-state index is 3.63. The molecule has 2 atom stereocenters. The molecule has 3 heteroatoms. The van der Waals surface area contributed by atoms with Crippen LogP contribution in [0.1, 0.15) is 39.0 Å². The third-order valence-electron chi connectivity index (χ3n) is 4.06. The lowest BCUT2D eigenvalue weighted by molar-refractivity contribution is 0.115. The molecule has 0 aliphatic carbocycles. The summed E-state index contributed by atoms with van der Waals surface area (Å²) in [7, 11) is 0. The van der Waals surface area contributed by atoms with E-state index in [1.165, 1.54) is 17.8 Å². The van der Waals surface area contributed by atoms with Gasteiger partial charge in [-0.05, 0) is 24.8 Å². The number of piperazine rings is 1. The van der Waals surface area contributed by atoms with Crippen LogP contribution in [0.3, 0.4) is 0 Å². The molecule has 0 radical (unpaired) electrons. The fourth-order valence-electron chi connectivity index (χ4n) is 2.74. The largest absolute Gasteiger partial charge is 0.311 e. The first kappa shape index (κ1) is 14.0. The summed E-state index contributed by atoms with van der Waals surface area (Å²) in [5.41, 5.74) is 0.262. The molecule has 2 rings (SSSR count). The summed E-state index contributed by atoms with van der Waals surface area (Å²) in [4.78, 5) is 4.16. The van der Waals surface area contributed by atoms with Crippen LogP contribution in [0.25, 0.3) is 0 Å². The Balaban J connectivity index is 2.03. The molecule has 0 spiro atoms. The summed E-state index contributed by atoms with van der Waals surface area (Å²) in [6.07, 6.45) is 1.22. The molecule has 0 bridgehead atoms. The van der Waals surface area contributed by atoms with Gasteiger partial charge in [0.25, 0.3) is 0 Å². The topological polar surface area (TPSA) is 15.3 Å². The van der Waals surface area contributed by atoms with E-state index in [1.807, 2.05) is 11.3 Å². The molecule has 2 unspecified atom stereocenters. The predicted molar refractivity (Wildman–Crippen MR) is 80.5 cm³/mol. The van der Waals surface area contributed by atoms with Crippen molar-refractivity contribution in [3.05, 3.63) is 22.4 Å². The Morgan fingerprint density at radius 2 is 2.28 bits per heavy atom. The Bertz CT molecular complexity index is 359. The van der Waals surface area contributed by atoms with Crippen LogP contribution in [-0.2, 0) is 5.41 Å². The van der Waals surface area contributed by atoms with E-state index >= 15 is 0 Å². The van der Waals surface area contributed by atoms with E-state index in [1.54, 1.807) is 0 Å². The van der Waals surface area contributed by atoms with Gasteiger partial charge >= 0.3 is 0 Å². The highest BCUT2D eigenvalue weighted by Crippen LogP contribution is 2.29. The van der Waals surface area contributed by atoms with E-state index in [0.29, 0.717) is 12.1 Å². The third kappa shape index (κ3) is 3.14. The van der Waals surface area contributed by atoms with E-state index in [0.717, 1.165) is 13.1 Å². The standard InChI is InChI=1S/C15H26N2S/c1-5-13-10-17(12(2)9-16-13)11-15(3,4)14-7-6-8-18-14/h6-8,12-13,16H,5,9-11H2,1-4H3. The zero-order valence-corrected chi connectivity index (χ0v) is 12.9. The van der Waals surface area contributed by atoms with Crippen LogP contribution in [0.5, 0.6) is 0 Å². The molecular weight excluding hydrogens is 240 g/mol. The van der Waals surface area contributed by atoms with Crippen LogP contribution < -0.4 is 5.32 Å². The SMILES string of the molecule is CCC1CN(CC(C)(C)c2cccs2)C(C)CN1. The summed E-state index contributed by atoms with van der Waals surface area (Å²) in [6, 6.07) is 5.75. The summed E-state index contributed by atoms with van der Waals surface area (Å²) in [6.45, 7) is 12.8. The Morgan fingerprint density at radius 3 is 2.89 bits per heavy atom. The quantitative estimate of drug-likeness (QED) is 0.901. The van der Waals surface area contributed by atoms with Crippen molar-refractivity contribution in [3.63, 3.8) is 0 Å². The maximum atomic E-state index is 3.63. The summed E-state index contributed by atoms with van der Waals surface area (Å²) >= 11 is 1.88. The number of rotatable bonds is 4. The molecule has 0 saturated carbocycles. The third-order valence-corrected chi connectivity index (χ3v) is 5.30. The highest BCUT2D eigenvalue weighted by atomic mass is 32.1. The first-order valence-electron chi connectivity index (χ1n) is 7.04. The summed E-state index contributed by atoms with van der Waals surface area (Å²) in [5.74, 6) is 0. The number of thiophene rings is 1. The van der Waals surface area contributed by atoms with Gasteiger partial charge < -0.3 is 5.32 Å². The van der Waals surface area contributed by atoms with E-state index in [2.05, 4.69) is 55.4 Å². The van der Waals surface area contributed by atoms with E-state index in [-0.39, 0.29) is 5.41 Å². The van der Waals surface area contributed by atoms with Gasteiger partial charge in [0.1, 0.15) is 0 Å². The van der Waals surface area contributed by atoms with Gasteiger partial charge in [-0.3, -0.25) is 4.90 Å². The fraction of sp³-hybridized carbons (Fsp3) is 0.733. The van der Waals surface area contributed by atoms with Crippen LogP contribution >= 0.6 is 11.3 Å². The van der Waals surface area contributed by atoms with Crippen LogP contribution in [0.4, 0.5) is 0 Å². The second-order valence-electron chi connectivity index (χ2n) is 6.15.